The number of carbonyl (C=O) groups is 2. The number of nitrogens with zero attached hydrogens (tertiary/aromatic N) is 3. The molecule has 1 N–H and O–H groups in total. The first-order valence-electron chi connectivity index (χ1n) is 9.19. The lowest BCUT2D eigenvalue weighted by molar-refractivity contribution is 0.102. The summed E-state index contributed by atoms with van der Waals surface area (Å²) in [6, 6.07) is 7.14. The van der Waals surface area contributed by atoms with Crippen LogP contribution in [-0.2, 0) is 12.8 Å². The molecular formula is C19H21ClN4O2S. The van der Waals surface area contributed by atoms with E-state index in [1.54, 1.807) is 24.3 Å². The second kappa shape index (κ2) is 7.86. The number of carbonyl (C=O) groups excluding carboxylic acids is 2. The molecule has 8 heteroatoms. The Morgan fingerprint density at radius 3 is 2.41 bits per heavy atom. The van der Waals surface area contributed by atoms with E-state index >= 15 is 0 Å². The molecule has 0 atom stereocenters. The van der Waals surface area contributed by atoms with E-state index in [-0.39, 0.29) is 11.9 Å². The minimum absolute atomic E-state index is 0.142. The highest BCUT2D eigenvalue weighted by molar-refractivity contribution is 7.13. The molecule has 1 aromatic heterocycles. The molecule has 0 aliphatic carbocycles. The van der Waals surface area contributed by atoms with E-state index in [9.17, 15) is 9.59 Å². The summed E-state index contributed by atoms with van der Waals surface area (Å²) in [5.74, 6) is -0.208. The molecule has 4 rings (SSSR count). The molecule has 27 heavy (non-hydrogen) atoms. The zero-order chi connectivity index (χ0) is 18.8. The number of hydrogen-bond donors (Lipinski definition) is 1. The summed E-state index contributed by atoms with van der Waals surface area (Å²) >= 11 is 7.30. The van der Waals surface area contributed by atoms with Crippen molar-refractivity contribution < 1.29 is 9.59 Å². The van der Waals surface area contributed by atoms with Gasteiger partial charge in [0.15, 0.2) is 5.01 Å². The van der Waals surface area contributed by atoms with Crippen molar-refractivity contribution in [3.05, 3.63) is 44.9 Å². The molecular weight excluding hydrogens is 384 g/mol. The molecule has 2 aromatic rings. The number of urea groups is 1. The van der Waals surface area contributed by atoms with Gasteiger partial charge in [-0.2, -0.15) is 0 Å². The molecule has 0 spiro atoms. The van der Waals surface area contributed by atoms with Crippen molar-refractivity contribution >= 4 is 40.6 Å². The number of thiazole rings is 1. The first kappa shape index (κ1) is 18.3. The maximum Gasteiger partial charge on any atom is 0.320 e. The first-order valence-corrected chi connectivity index (χ1v) is 10.4. The van der Waals surface area contributed by atoms with E-state index in [0.29, 0.717) is 35.2 Å². The Balaban J connectivity index is 1.40. The number of hydrogen-bond acceptors (Lipinski definition) is 4. The topological polar surface area (TPSA) is 65.5 Å². The minimum atomic E-state index is -0.208. The zero-order valence-electron chi connectivity index (χ0n) is 14.9. The number of benzene rings is 1. The smallest absolute Gasteiger partial charge is 0.320 e. The van der Waals surface area contributed by atoms with Gasteiger partial charge in [0.1, 0.15) is 0 Å². The quantitative estimate of drug-likeness (QED) is 0.830. The van der Waals surface area contributed by atoms with Crippen molar-refractivity contribution in [2.24, 2.45) is 0 Å². The Morgan fingerprint density at radius 1 is 1.00 bits per heavy atom. The molecule has 1 saturated heterocycles. The van der Waals surface area contributed by atoms with Crippen molar-refractivity contribution in [2.75, 3.05) is 31.5 Å². The van der Waals surface area contributed by atoms with E-state index in [1.165, 1.54) is 11.3 Å². The monoisotopic (exact) mass is 404 g/mol. The van der Waals surface area contributed by atoms with Crippen LogP contribution in [0.4, 0.5) is 10.5 Å². The highest BCUT2D eigenvalue weighted by Gasteiger charge is 2.27. The van der Waals surface area contributed by atoms with Crippen LogP contribution in [0.1, 0.15) is 33.2 Å². The molecule has 1 aromatic carbocycles. The third-order valence-corrected chi connectivity index (χ3v) is 6.36. The molecule has 0 saturated carbocycles. The van der Waals surface area contributed by atoms with Crippen molar-refractivity contribution in [2.45, 2.75) is 25.7 Å². The molecule has 2 aliphatic heterocycles. The second-order valence-corrected chi connectivity index (χ2v) is 8.33. The Bertz CT molecular complexity index is 820. The van der Waals surface area contributed by atoms with Gasteiger partial charge < -0.3 is 15.1 Å². The SMILES string of the molecule is O=C(Nc1ccc(Cl)cc1)c1nc2c(s1)CCN(C(=O)N1CCCC1)CC2. The Morgan fingerprint density at radius 2 is 1.67 bits per heavy atom. The fourth-order valence-corrected chi connectivity index (χ4v) is 4.60. The third-order valence-electron chi connectivity index (χ3n) is 4.95. The van der Waals surface area contributed by atoms with Crippen LogP contribution in [0.5, 0.6) is 0 Å². The van der Waals surface area contributed by atoms with Gasteiger partial charge in [-0.25, -0.2) is 9.78 Å². The number of fused-ring (bicyclic) bond motifs is 1. The van der Waals surface area contributed by atoms with Crippen molar-refractivity contribution in [1.82, 2.24) is 14.8 Å². The average Bonchev–Trinajstić information content (AvgIpc) is 3.30. The molecule has 0 radical (unpaired) electrons. The lowest BCUT2D eigenvalue weighted by Gasteiger charge is -2.26. The number of amides is 3. The van der Waals surface area contributed by atoms with E-state index < -0.39 is 0 Å². The molecule has 2 aliphatic rings. The summed E-state index contributed by atoms with van der Waals surface area (Å²) in [6.45, 7) is 3.07. The van der Waals surface area contributed by atoms with Crippen molar-refractivity contribution in [3.63, 3.8) is 0 Å². The largest absolute Gasteiger partial charge is 0.325 e. The summed E-state index contributed by atoms with van der Waals surface area (Å²) < 4.78 is 0. The third kappa shape index (κ3) is 4.09. The van der Waals surface area contributed by atoms with Gasteiger partial charge in [-0.3, -0.25) is 4.79 Å². The number of nitrogens with one attached hydrogen (secondary N) is 1. The fraction of sp³-hybridized carbons (Fsp3) is 0.421. The molecule has 6 nitrogen and oxygen atoms in total. The Kier molecular flexibility index (Phi) is 5.31. The van der Waals surface area contributed by atoms with E-state index in [0.717, 1.165) is 42.9 Å². The van der Waals surface area contributed by atoms with Crippen LogP contribution in [0, 0.1) is 0 Å². The zero-order valence-corrected chi connectivity index (χ0v) is 16.5. The minimum Gasteiger partial charge on any atom is -0.325 e. The lowest BCUT2D eigenvalue weighted by Crippen LogP contribution is -2.43. The lowest BCUT2D eigenvalue weighted by atomic mass is 10.2. The highest BCUT2D eigenvalue weighted by atomic mass is 35.5. The van der Waals surface area contributed by atoms with E-state index in [4.69, 9.17) is 11.6 Å². The standard InChI is InChI=1S/C19H21ClN4O2S/c20-13-3-5-14(6-4-13)21-17(25)18-22-15-7-11-24(12-8-16(15)27-18)19(26)23-9-1-2-10-23/h3-6H,1-2,7-12H2,(H,21,25). The molecule has 0 bridgehead atoms. The summed E-state index contributed by atoms with van der Waals surface area (Å²) in [5.41, 5.74) is 1.63. The predicted octanol–water partition coefficient (Wildman–Crippen LogP) is 3.67. The van der Waals surface area contributed by atoms with Gasteiger partial charge in [0.2, 0.25) is 0 Å². The number of rotatable bonds is 2. The molecule has 0 unspecified atom stereocenters. The molecule has 3 amide bonds. The summed E-state index contributed by atoms with van der Waals surface area (Å²) in [7, 11) is 0. The van der Waals surface area contributed by atoms with Gasteiger partial charge in [0, 0.05) is 54.6 Å². The van der Waals surface area contributed by atoms with Crippen LogP contribution in [-0.4, -0.2) is 52.9 Å². The van der Waals surface area contributed by atoms with Gasteiger partial charge in [0.25, 0.3) is 5.91 Å². The van der Waals surface area contributed by atoms with E-state index in [2.05, 4.69) is 10.3 Å². The van der Waals surface area contributed by atoms with Crippen LogP contribution < -0.4 is 5.32 Å². The second-order valence-electron chi connectivity index (χ2n) is 6.81. The highest BCUT2D eigenvalue weighted by Crippen LogP contribution is 2.25. The maximum atomic E-state index is 12.6. The normalized spacial score (nSPS) is 16.8. The summed E-state index contributed by atoms with van der Waals surface area (Å²) in [5, 5.41) is 3.95. The van der Waals surface area contributed by atoms with Crippen LogP contribution in [0.3, 0.4) is 0 Å². The average molecular weight is 405 g/mol. The van der Waals surface area contributed by atoms with Crippen molar-refractivity contribution in [1.29, 1.82) is 0 Å². The maximum absolute atomic E-state index is 12.6. The molecule has 3 heterocycles. The van der Waals surface area contributed by atoms with Crippen LogP contribution in [0.15, 0.2) is 24.3 Å². The van der Waals surface area contributed by atoms with Gasteiger partial charge in [-0.05, 0) is 37.1 Å². The van der Waals surface area contributed by atoms with Gasteiger partial charge in [0.05, 0.1) is 5.69 Å². The Labute approximate surface area is 167 Å². The van der Waals surface area contributed by atoms with Gasteiger partial charge in [-0.15, -0.1) is 11.3 Å². The number of halogens is 1. The number of aromatic nitrogens is 1. The Hall–Kier alpha value is -2.12. The van der Waals surface area contributed by atoms with Crippen LogP contribution in [0.25, 0.3) is 0 Å². The fourth-order valence-electron chi connectivity index (χ4n) is 3.48. The molecule has 1 fully saturated rings. The number of likely N-dealkylation sites (tertiary alicyclic amines) is 1. The summed E-state index contributed by atoms with van der Waals surface area (Å²) in [4.78, 5) is 34.6. The van der Waals surface area contributed by atoms with E-state index in [1.807, 2.05) is 9.80 Å². The molecule has 142 valence electrons. The van der Waals surface area contributed by atoms with Gasteiger partial charge >= 0.3 is 6.03 Å². The van der Waals surface area contributed by atoms with Crippen molar-refractivity contribution in [3.8, 4) is 0 Å². The predicted molar refractivity (Wildman–Crippen MR) is 107 cm³/mol. The van der Waals surface area contributed by atoms with Crippen LogP contribution >= 0.6 is 22.9 Å². The summed E-state index contributed by atoms with van der Waals surface area (Å²) in [6.07, 6.45) is 3.64. The van der Waals surface area contributed by atoms with Gasteiger partial charge in [-0.1, -0.05) is 11.6 Å². The number of anilines is 1. The first-order chi connectivity index (χ1) is 13.1. The van der Waals surface area contributed by atoms with Crippen LogP contribution in [0.2, 0.25) is 5.02 Å².